The van der Waals surface area contributed by atoms with Crippen molar-refractivity contribution in [1.82, 2.24) is 5.32 Å². The van der Waals surface area contributed by atoms with Crippen LogP contribution in [0.15, 0.2) is 60.8 Å². The lowest BCUT2D eigenvalue weighted by Gasteiger charge is -2.24. The van der Waals surface area contributed by atoms with Gasteiger partial charge in [-0.05, 0) is 83.5 Å². The second-order valence-corrected chi connectivity index (χ2v) is 16.9. The van der Waals surface area contributed by atoms with Gasteiger partial charge in [-0.1, -0.05) is 204 Å². The van der Waals surface area contributed by atoms with E-state index in [2.05, 4.69) is 86.8 Å². The van der Waals surface area contributed by atoms with E-state index in [1.54, 1.807) is 0 Å². The number of rotatable bonds is 44. The molecule has 0 aromatic rings. The normalized spacial score (nSPS) is 13.8. The average molecular weight is 826 g/mol. The van der Waals surface area contributed by atoms with Gasteiger partial charge in [0.25, 0.3) is 0 Å². The number of hydrogen-bond donors (Lipinski definition) is 3. The molecule has 0 saturated carbocycles. The molecule has 3 N–H and O–H groups in total. The highest BCUT2D eigenvalue weighted by Crippen LogP contribution is 2.17. The summed E-state index contributed by atoms with van der Waals surface area (Å²) in [4.78, 5) is 26.1. The third-order valence-electron chi connectivity index (χ3n) is 11.1. The molecule has 0 rings (SSSR count). The van der Waals surface area contributed by atoms with Gasteiger partial charge in [-0.3, -0.25) is 9.59 Å². The smallest absolute Gasteiger partial charge is 0.306 e. The summed E-state index contributed by atoms with van der Waals surface area (Å²) in [6.45, 7) is 6.34. The highest BCUT2D eigenvalue weighted by molar-refractivity contribution is 5.77. The van der Waals surface area contributed by atoms with Gasteiger partial charge in [0, 0.05) is 6.42 Å². The lowest BCUT2D eigenvalue weighted by atomic mass is 10.0. The quantitative estimate of drug-likeness (QED) is 0.0246. The molecule has 0 fully saturated rings. The fourth-order valence-corrected chi connectivity index (χ4v) is 7.32. The Labute approximate surface area is 365 Å². The van der Waals surface area contributed by atoms with Gasteiger partial charge in [-0.25, -0.2) is 0 Å². The number of allylic oxidation sites excluding steroid dienone is 10. The van der Waals surface area contributed by atoms with E-state index in [1.165, 1.54) is 89.9 Å². The first-order valence-corrected chi connectivity index (χ1v) is 25.0. The Morgan fingerprint density at radius 1 is 0.525 bits per heavy atom. The molecule has 0 radical (unpaired) electrons. The molecule has 0 spiro atoms. The van der Waals surface area contributed by atoms with Crippen LogP contribution in [0.4, 0.5) is 0 Å². The number of carbonyl (C=O) groups is 2. The fourth-order valence-electron chi connectivity index (χ4n) is 7.32. The molecule has 0 heterocycles. The van der Waals surface area contributed by atoms with Crippen LogP contribution in [0.25, 0.3) is 0 Å². The van der Waals surface area contributed by atoms with Crippen LogP contribution in [0.3, 0.4) is 0 Å². The molecule has 0 aromatic heterocycles. The molecule has 342 valence electrons. The van der Waals surface area contributed by atoms with Crippen LogP contribution in [0.1, 0.15) is 239 Å². The molecule has 0 bridgehead atoms. The van der Waals surface area contributed by atoms with E-state index >= 15 is 0 Å². The van der Waals surface area contributed by atoms with Crippen LogP contribution in [0.2, 0.25) is 0 Å². The number of nitrogens with one attached hydrogen (secondary N) is 1. The maximum Gasteiger partial charge on any atom is 0.306 e. The largest absolute Gasteiger partial charge is 0.462 e. The summed E-state index contributed by atoms with van der Waals surface area (Å²) in [6, 6.07) is -0.714. The zero-order chi connectivity index (χ0) is 43.1. The minimum Gasteiger partial charge on any atom is -0.462 e. The average Bonchev–Trinajstić information content (AvgIpc) is 3.23. The molecule has 0 saturated heterocycles. The van der Waals surface area contributed by atoms with Crippen LogP contribution < -0.4 is 5.32 Å². The molecular formula is C53H95NO5. The first-order valence-electron chi connectivity index (χ1n) is 25.0. The van der Waals surface area contributed by atoms with Gasteiger partial charge in [0.1, 0.15) is 6.10 Å². The molecule has 1 amide bonds. The number of unbranched alkanes of at least 4 members (excludes halogenated alkanes) is 23. The van der Waals surface area contributed by atoms with Gasteiger partial charge in [0.15, 0.2) is 0 Å². The molecule has 0 aliphatic heterocycles. The van der Waals surface area contributed by atoms with E-state index in [0.29, 0.717) is 19.3 Å². The van der Waals surface area contributed by atoms with Crippen LogP contribution in [-0.4, -0.2) is 46.9 Å². The molecule has 6 nitrogen and oxygen atoms in total. The molecule has 6 heteroatoms. The lowest BCUT2D eigenvalue weighted by molar-refractivity contribution is -0.151. The first-order chi connectivity index (χ1) is 29.0. The van der Waals surface area contributed by atoms with Crippen molar-refractivity contribution < 1.29 is 24.5 Å². The Bertz CT molecular complexity index is 1060. The van der Waals surface area contributed by atoms with E-state index in [9.17, 15) is 19.8 Å². The van der Waals surface area contributed by atoms with Crippen molar-refractivity contribution in [2.24, 2.45) is 0 Å². The maximum absolute atomic E-state index is 13.2. The highest BCUT2D eigenvalue weighted by atomic mass is 16.5. The Balaban J connectivity index is 4.67. The van der Waals surface area contributed by atoms with Gasteiger partial charge in [0.05, 0.1) is 25.2 Å². The van der Waals surface area contributed by atoms with Gasteiger partial charge in [0.2, 0.25) is 5.91 Å². The number of carbonyl (C=O) groups excluding carboxylic acids is 2. The van der Waals surface area contributed by atoms with Crippen molar-refractivity contribution >= 4 is 11.9 Å². The minimum atomic E-state index is -0.798. The van der Waals surface area contributed by atoms with Crippen molar-refractivity contribution in [3.8, 4) is 0 Å². The van der Waals surface area contributed by atoms with Gasteiger partial charge in [-0.15, -0.1) is 0 Å². The standard InChI is InChI=1S/C53H95NO5/c1-4-7-10-13-16-19-22-24-26-27-29-31-34-37-40-43-46-53(58)59-49(44-41-38-35-32-30-28-25-23-20-17-14-11-8-5-2)47-52(57)54-50(48-55)51(56)45-42-39-36-33-21-18-15-12-9-6-3/h8,11,17,20,25-29,31,49-51,55-56H,4-7,9-10,12-16,18-19,21-24,30,32-48H2,1-3H3,(H,54,57)/b11-8+,20-17+,27-26+,28-25+,31-29+. The number of ether oxygens (including phenoxy) is 1. The van der Waals surface area contributed by atoms with Crippen molar-refractivity contribution in [2.75, 3.05) is 6.61 Å². The fraction of sp³-hybridized carbons (Fsp3) is 0.774. The predicted octanol–water partition coefficient (Wildman–Crippen LogP) is 14.8. The SMILES string of the molecule is CC/C=C/C/C=C/C/C=C/CCCCCCC(CC(=O)NC(CO)C(O)CCCCCCCCCCCC)OC(=O)CCCCC/C=C/C=C/CCCCCCCCC. The van der Waals surface area contributed by atoms with Gasteiger partial charge >= 0.3 is 5.97 Å². The number of amides is 1. The summed E-state index contributed by atoms with van der Waals surface area (Å²) < 4.78 is 5.90. The van der Waals surface area contributed by atoms with E-state index in [4.69, 9.17) is 4.74 Å². The number of esters is 1. The van der Waals surface area contributed by atoms with Crippen molar-refractivity contribution in [3.05, 3.63) is 60.8 Å². The van der Waals surface area contributed by atoms with Crippen molar-refractivity contribution in [2.45, 2.75) is 257 Å². The van der Waals surface area contributed by atoms with Crippen LogP contribution in [0.5, 0.6) is 0 Å². The molecule has 0 aromatic carbocycles. The number of aliphatic hydroxyl groups is 2. The first kappa shape index (κ1) is 56.6. The van der Waals surface area contributed by atoms with E-state index < -0.39 is 18.2 Å². The van der Waals surface area contributed by atoms with Crippen LogP contribution in [-0.2, 0) is 14.3 Å². The second kappa shape index (κ2) is 46.6. The third kappa shape index (κ3) is 42.1. The second-order valence-electron chi connectivity index (χ2n) is 16.9. The topological polar surface area (TPSA) is 95.9 Å². The van der Waals surface area contributed by atoms with E-state index in [0.717, 1.165) is 103 Å². The Morgan fingerprint density at radius 2 is 0.966 bits per heavy atom. The van der Waals surface area contributed by atoms with Crippen LogP contribution in [0, 0.1) is 0 Å². The van der Waals surface area contributed by atoms with E-state index in [-0.39, 0.29) is 24.9 Å². The zero-order valence-corrected chi connectivity index (χ0v) is 38.9. The van der Waals surface area contributed by atoms with Crippen LogP contribution >= 0.6 is 0 Å². The summed E-state index contributed by atoms with van der Waals surface area (Å²) in [5, 5.41) is 23.7. The molecule has 3 atom stereocenters. The summed E-state index contributed by atoms with van der Waals surface area (Å²) in [5.41, 5.74) is 0. The number of hydrogen-bond acceptors (Lipinski definition) is 5. The maximum atomic E-state index is 13.2. The summed E-state index contributed by atoms with van der Waals surface area (Å²) in [6.07, 6.45) is 57.1. The monoisotopic (exact) mass is 826 g/mol. The van der Waals surface area contributed by atoms with E-state index in [1.807, 2.05) is 0 Å². The molecule has 0 aliphatic rings. The van der Waals surface area contributed by atoms with Crippen molar-refractivity contribution in [1.29, 1.82) is 0 Å². The summed E-state index contributed by atoms with van der Waals surface area (Å²) in [7, 11) is 0. The van der Waals surface area contributed by atoms with Gasteiger partial charge < -0.3 is 20.3 Å². The highest BCUT2D eigenvalue weighted by Gasteiger charge is 2.24. The summed E-state index contributed by atoms with van der Waals surface area (Å²) >= 11 is 0. The minimum absolute atomic E-state index is 0.0506. The summed E-state index contributed by atoms with van der Waals surface area (Å²) in [5.74, 6) is -0.528. The third-order valence-corrected chi connectivity index (χ3v) is 11.1. The Morgan fingerprint density at radius 3 is 1.49 bits per heavy atom. The Hall–Kier alpha value is -2.44. The van der Waals surface area contributed by atoms with Gasteiger partial charge in [-0.2, -0.15) is 0 Å². The predicted molar refractivity (Wildman–Crippen MR) is 255 cm³/mol. The Kier molecular flexibility index (Phi) is 44.7. The van der Waals surface area contributed by atoms with Crippen molar-refractivity contribution in [3.63, 3.8) is 0 Å². The number of aliphatic hydroxyl groups excluding tert-OH is 2. The lowest BCUT2D eigenvalue weighted by Crippen LogP contribution is -2.46. The molecule has 59 heavy (non-hydrogen) atoms. The molecule has 3 unspecified atom stereocenters. The molecule has 0 aliphatic carbocycles. The molecular weight excluding hydrogens is 731 g/mol. The zero-order valence-electron chi connectivity index (χ0n) is 38.9.